The monoisotopic (exact) mass is 270 g/mol. The molecule has 5 heteroatoms. The molecule has 0 bridgehead atoms. The molecule has 1 N–H and O–H groups in total. The van der Waals surface area contributed by atoms with Crippen LogP contribution in [0.4, 0.5) is 17.1 Å². The Hall–Kier alpha value is -2.53. The van der Waals surface area contributed by atoms with Crippen LogP contribution in [0.1, 0.15) is 6.42 Å². The number of benzene rings is 2. The highest BCUT2D eigenvalue weighted by Gasteiger charge is 2.17. The Labute approximate surface area is 116 Å². The third-order valence-electron chi connectivity index (χ3n) is 2.80. The average Bonchev–Trinajstić information content (AvgIpc) is 2.50. The Morgan fingerprint density at radius 3 is 2.15 bits per heavy atom. The van der Waals surface area contributed by atoms with E-state index in [1.807, 2.05) is 18.2 Å². The molecule has 2 rings (SSSR count). The lowest BCUT2D eigenvalue weighted by atomic mass is 10.2. The smallest absolute Gasteiger partial charge is 0.233 e. The number of rotatable bonds is 5. The maximum atomic E-state index is 12.2. The van der Waals surface area contributed by atoms with Gasteiger partial charge in [-0.1, -0.05) is 18.2 Å². The van der Waals surface area contributed by atoms with E-state index in [0.29, 0.717) is 17.1 Å². The molecule has 0 saturated carbocycles. The van der Waals surface area contributed by atoms with Crippen molar-refractivity contribution in [1.29, 1.82) is 0 Å². The number of carbonyl (C=O) groups is 1. The van der Waals surface area contributed by atoms with E-state index in [0.717, 1.165) is 0 Å². The zero-order chi connectivity index (χ0) is 14.4. The first-order valence-corrected chi connectivity index (χ1v) is 6.18. The van der Waals surface area contributed by atoms with Gasteiger partial charge in [-0.3, -0.25) is 9.69 Å². The van der Waals surface area contributed by atoms with Gasteiger partial charge in [-0.2, -0.15) is 0 Å². The lowest BCUT2D eigenvalue weighted by Crippen LogP contribution is -2.26. The molecule has 0 atom stereocenters. The van der Waals surface area contributed by atoms with Gasteiger partial charge in [0.05, 0.1) is 13.0 Å². The fourth-order valence-electron chi connectivity index (χ4n) is 1.88. The number of para-hydroxylation sites is 1. The van der Waals surface area contributed by atoms with Gasteiger partial charge in [0.15, 0.2) is 0 Å². The Kier molecular flexibility index (Phi) is 4.57. The predicted octanol–water partition coefficient (Wildman–Crippen LogP) is 3.13. The molecular formula is C15H14N2O3. The number of nitroso groups, excluding NO2 is 1. The van der Waals surface area contributed by atoms with Gasteiger partial charge in [0.2, 0.25) is 5.91 Å². The second kappa shape index (κ2) is 6.58. The first kappa shape index (κ1) is 13.9. The van der Waals surface area contributed by atoms with Crippen molar-refractivity contribution < 1.29 is 9.90 Å². The van der Waals surface area contributed by atoms with Crippen molar-refractivity contribution in [3.8, 4) is 0 Å². The molecule has 0 spiro atoms. The number of nitrogens with zero attached hydrogens (tertiary/aromatic N) is 2. The van der Waals surface area contributed by atoms with Crippen molar-refractivity contribution in [2.45, 2.75) is 6.42 Å². The van der Waals surface area contributed by atoms with Crippen LogP contribution in [0.3, 0.4) is 0 Å². The van der Waals surface area contributed by atoms with Gasteiger partial charge in [-0.25, -0.2) is 0 Å². The summed E-state index contributed by atoms with van der Waals surface area (Å²) in [5, 5.41) is 11.8. The van der Waals surface area contributed by atoms with E-state index >= 15 is 0 Å². The van der Waals surface area contributed by atoms with E-state index < -0.39 is 0 Å². The molecule has 0 radical (unpaired) electrons. The molecule has 0 aromatic heterocycles. The quantitative estimate of drug-likeness (QED) is 0.848. The first-order valence-electron chi connectivity index (χ1n) is 6.18. The highest BCUT2D eigenvalue weighted by Crippen LogP contribution is 2.27. The standard InChI is InChI=1S/C15H14N2O3/c18-11-10-15(19)17(13-4-2-1-3-5-13)14-8-6-12(16-20)7-9-14/h1-9,18H,10-11H2. The Balaban J connectivity index is 2.40. The van der Waals surface area contributed by atoms with Crippen LogP contribution in [0.25, 0.3) is 0 Å². The van der Waals surface area contributed by atoms with Crippen molar-refractivity contribution in [3.63, 3.8) is 0 Å². The number of anilines is 2. The summed E-state index contributed by atoms with van der Waals surface area (Å²) < 4.78 is 0. The predicted molar refractivity (Wildman–Crippen MR) is 77.2 cm³/mol. The van der Waals surface area contributed by atoms with Gasteiger partial charge in [0.25, 0.3) is 0 Å². The summed E-state index contributed by atoms with van der Waals surface area (Å²) in [4.78, 5) is 24.1. The van der Waals surface area contributed by atoms with Gasteiger partial charge in [-0.05, 0) is 41.6 Å². The van der Waals surface area contributed by atoms with Crippen LogP contribution in [0, 0.1) is 4.91 Å². The number of aliphatic hydroxyl groups excluding tert-OH is 1. The van der Waals surface area contributed by atoms with Gasteiger partial charge in [0.1, 0.15) is 5.69 Å². The molecule has 0 aliphatic heterocycles. The lowest BCUT2D eigenvalue weighted by Gasteiger charge is -2.22. The normalized spacial score (nSPS) is 10.1. The molecule has 0 unspecified atom stereocenters. The van der Waals surface area contributed by atoms with E-state index in [2.05, 4.69) is 5.18 Å². The van der Waals surface area contributed by atoms with E-state index in [4.69, 9.17) is 5.11 Å². The summed E-state index contributed by atoms with van der Waals surface area (Å²) in [6, 6.07) is 15.5. The minimum absolute atomic E-state index is 0.0303. The maximum absolute atomic E-state index is 12.2. The summed E-state index contributed by atoms with van der Waals surface area (Å²) in [5.41, 5.74) is 1.64. The van der Waals surface area contributed by atoms with E-state index in [-0.39, 0.29) is 18.9 Å². The second-order valence-electron chi connectivity index (χ2n) is 4.15. The molecule has 0 heterocycles. The average molecular weight is 270 g/mol. The fourth-order valence-corrected chi connectivity index (χ4v) is 1.88. The molecule has 2 aromatic rings. The second-order valence-corrected chi connectivity index (χ2v) is 4.15. The molecule has 1 amide bonds. The molecule has 2 aromatic carbocycles. The van der Waals surface area contributed by atoms with Gasteiger partial charge >= 0.3 is 0 Å². The zero-order valence-corrected chi connectivity index (χ0v) is 10.8. The van der Waals surface area contributed by atoms with Crippen LogP contribution in [-0.4, -0.2) is 17.6 Å². The summed E-state index contributed by atoms with van der Waals surface area (Å²) in [6.07, 6.45) is 0.0303. The molecular weight excluding hydrogens is 256 g/mol. The zero-order valence-electron chi connectivity index (χ0n) is 10.8. The minimum atomic E-state index is -0.217. The molecule has 0 saturated heterocycles. The van der Waals surface area contributed by atoms with Crippen LogP contribution in [0.5, 0.6) is 0 Å². The summed E-state index contributed by atoms with van der Waals surface area (Å²) in [7, 11) is 0. The number of hydrogen-bond acceptors (Lipinski definition) is 4. The first-order chi connectivity index (χ1) is 9.76. The van der Waals surface area contributed by atoms with E-state index in [1.54, 1.807) is 36.4 Å². The van der Waals surface area contributed by atoms with Crippen LogP contribution in [-0.2, 0) is 4.79 Å². The Morgan fingerprint density at radius 2 is 1.60 bits per heavy atom. The SMILES string of the molecule is O=Nc1ccc(N(C(=O)CCO)c2ccccc2)cc1. The van der Waals surface area contributed by atoms with Crippen LogP contribution < -0.4 is 4.90 Å². The highest BCUT2D eigenvalue weighted by atomic mass is 16.3. The highest BCUT2D eigenvalue weighted by molar-refractivity contribution is 6.00. The molecule has 20 heavy (non-hydrogen) atoms. The number of carbonyl (C=O) groups excluding carboxylic acids is 1. The number of hydrogen-bond donors (Lipinski definition) is 1. The summed E-state index contributed by atoms with van der Waals surface area (Å²) in [6.45, 7) is -0.212. The van der Waals surface area contributed by atoms with Crippen LogP contribution >= 0.6 is 0 Å². The lowest BCUT2D eigenvalue weighted by molar-refractivity contribution is -0.118. The largest absolute Gasteiger partial charge is 0.396 e. The van der Waals surface area contributed by atoms with E-state index in [1.165, 1.54) is 4.90 Å². The Morgan fingerprint density at radius 1 is 1.00 bits per heavy atom. The third-order valence-corrected chi connectivity index (χ3v) is 2.80. The van der Waals surface area contributed by atoms with Crippen molar-refractivity contribution in [1.82, 2.24) is 0 Å². The van der Waals surface area contributed by atoms with Crippen molar-refractivity contribution in [2.75, 3.05) is 11.5 Å². The summed E-state index contributed by atoms with van der Waals surface area (Å²) >= 11 is 0. The van der Waals surface area contributed by atoms with Crippen LogP contribution in [0.15, 0.2) is 59.8 Å². The third kappa shape index (κ3) is 3.07. The fraction of sp³-hybridized carbons (Fsp3) is 0.133. The summed E-state index contributed by atoms with van der Waals surface area (Å²) in [5.74, 6) is -0.217. The number of aliphatic hydroxyl groups is 1. The van der Waals surface area contributed by atoms with Crippen molar-refractivity contribution >= 4 is 23.0 Å². The van der Waals surface area contributed by atoms with Crippen molar-refractivity contribution in [2.24, 2.45) is 5.18 Å². The van der Waals surface area contributed by atoms with Crippen LogP contribution in [0.2, 0.25) is 0 Å². The molecule has 102 valence electrons. The number of amides is 1. The van der Waals surface area contributed by atoms with E-state index in [9.17, 15) is 9.70 Å². The Bertz CT molecular complexity index is 582. The minimum Gasteiger partial charge on any atom is -0.396 e. The van der Waals surface area contributed by atoms with Gasteiger partial charge in [-0.15, -0.1) is 4.91 Å². The molecule has 0 aliphatic carbocycles. The maximum Gasteiger partial charge on any atom is 0.233 e. The molecule has 0 fully saturated rings. The van der Waals surface area contributed by atoms with Gasteiger partial charge in [0, 0.05) is 11.4 Å². The van der Waals surface area contributed by atoms with Crippen molar-refractivity contribution in [3.05, 3.63) is 59.5 Å². The molecule has 5 nitrogen and oxygen atoms in total. The molecule has 0 aliphatic rings. The van der Waals surface area contributed by atoms with Gasteiger partial charge < -0.3 is 5.11 Å². The topological polar surface area (TPSA) is 70.0 Å².